The third-order valence-corrected chi connectivity index (χ3v) is 6.30. The van der Waals surface area contributed by atoms with Gasteiger partial charge in [0, 0.05) is 18.0 Å². The van der Waals surface area contributed by atoms with Crippen LogP contribution in [0.1, 0.15) is 59.8 Å². The van der Waals surface area contributed by atoms with Gasteiger partial charge in [0.1, 0.15) is 23.8 Å². The van der Waals surface area contributed by atoms with Crippen LogP contribution < -0.4 is 9.47 Å². The van der Waals surface area contributed by atoms with E-state index < -0.39 is 30.1 Å². The minimum atomic E-state index is -2.04. The first kappa shape index (κ1) is 29.1. The molecule has 1 heterocycles. The van der Waals surface area contributed by atoms with Crippen LogP contribution in [0.15, 0.2) is 60.9 Å². The van der Waals surface area contributed by atoms with Crippen molar-refractivity contribution >= 4 is 5.97 Å². The molecule has 0 amide bonds. The van der Waals surface area contributed by atoms with Gasteiger partial charge in [-0.1, -0.05) is 50.5 Å². The zero-order valence-electron chi connectivity index (χ0n) is 22.3. The highest BCUT2D eigenvalue weighted by Crippen LogP contribution is 2.31. The SMILES string of the molecule is CCCCCCC(C)(F)C(=O)Oc1ccc(-c2cnc(-c3ccccc3OC(C)C(F)C(C)F)nc2)cc1. The van der Waals surface area contributed by atoms with Crippen LogP contribution in [0.4, 0.5) is 13.2 Å². The van der Waals surface area contributed by atoms with E-state index in [0.29, 0.717) is 29.1 Å². The lowest BCUT2D eigenvalue weighted by molar-refractivity contribution is -0.147. The number of benzene rings is 2. The second-order valence-electron chi connectivity index (χ2n) is 9.66. The molecule has 4 unspecified atom stereocenters. The first-order valence-corrected chi connectivity index (χ1v) is 13.0. The van der Waals surface area contributed by atoms with Crippen molar-refractivity contribution in [2.24, 2.45) is 0 Å². The van der Waals surface area contributed by atoms with Crippen LogP contribution >= 0.6 is 0 Å². The van der Waals surface area contributed by atoms with E-state index in [9.17, 15) is 18.0 Å². The van der Waals surface area contributed by atoms with E-state index in [1.807, 2.05) is 0 Å². The van der Waals surface area contributed by atoms with Crippen LogP contribution in [-0.2, 0) is 4.79 Å². The lowest BCUT2D eigenvalue weighted by Gasteiger charge is -2.21. The number of alkyl halides is 3. The summed E-state index contributed by atoms with van der Waals surface area (Å²) in [6.45, 7) is 5.96. The number of unbranched alkanes of at least 4 members (excludes halogenated alkanes) is 3. The number of nitrogens with zero attached hydrogens (tertiary/aromatic N) is 2. The highest BCUT2D eigenvalue weighted by atomic mass is 19.2. The zero-order chi connectivity index (χ0) is 27.7. The number of halogens is 3. The normalized spacial score (nSPS) is 15.2. The van der Waals surface area contributed by atoms with E-state index in [2.05, 4.69) is 16.9 Å². The minimum Gasteiger partial charge on any atom is -0.487 e. The number of ether oxygens (including phenoxy) is 2. The molecular weight excluding hydrogens is 493 g/mol. The average molecular weight is 529 g/mol. The molecule has 3 rings (SSSR count). The summed E-state index contributed by atoms with van der Waals surface area (Å²) in [6, 6.07) is 13.6. The number of para-hydroxylation sites is 1. The molecule has 0 saturated heterocycles. The van der Waals surface area contributed by atoms with Gasteiger partial charge in [0.05, 0.1) is 5.56 Å². The molecule has 8 heteroatoms. The van der Waals surface area contributed by atoms with Crippen molar-refractivity contribution in [2.75, 3.05) is 0 Å². The number of rotatable bonds is 13. The van der Waals surface area contributed by atoms with E-state index >= 15 is 0 Å². The van der Waals surface area contributed by atoms with Crippen LogP contribution in [0.2, 0.25) is 0 Å². The topological polar surface area (TPSA) is 61.3 Å². The fourth-order valence-electron chi connectivity index (χ4n) is 3.92. The number of hydrogen-bond acceptors (Lipinski definition) is 5. The monoisotopic (exact) mass is 528 g/mol. The molecule has 0 aliphatic heterocycles. The Morgan fingerprint density at radius 2 is 1.61 bits per heavy atom. The van der Waals surface area contributed by atoms with E-state index in [1.54, 1.807) is 60.9 Å². The summed E-state index contributed by atoms with van der Waals surface area (Å²) in [5.41, 5.74) is -0.00631. The Morgan fingerprint density at radius 1 is 0.947 bits per heavy atom. The molecule has 204 valence electrons. The first-order valence-electron chi connectivity index (χ1n) is 13.0. The van der Waals surface area contributed by atoms with Crippen LogP contribution in [0, 0.1) is 0 Å². The maximum Gasteiger partial charge on any atom is 0.348 e. The van der Waals surface area contributed by atoms with Crippen LogP contribution in [0.25, 0.3) is 22.5 Å². The number of carbonyl (C=O) groups excluding carboxylic acids is 1. The molecule has 3 aromatic rings. The minimum absolute atomic E-state index is 0.129. The molecule has 0 N–H and O–H groups in total. The van der Waals surface area contributed by atoms with Crippen molar-refractivity contribution in [1.29, 1.82) is 0 Å². The Hall–Kier alpha value is -3.42. The van der Waals surface area contributed by atoms with Gasteiger partial charge >= 0.3 is 5.97 Å². The maximum absolute atomic E-state index is 14.8. The lowest BCUT2D eigenvalue weighted by Crippen LogP contribution is -2.34. The fourth-order valence-corrected chi connectivity index (χ4v) is 3.92. The van der Waals surface area contributed by atoms with E-state index in [0.717, 1.165) is 31.7 Å². The number of aromatic nitrogens is 2. The van der Waals surface area contributed by atoms with Crippen molar-refractivity contribution < 1.29 is 27.4 Å². The maximum atomic E-state index is 14.8. The molecule has 4 atom stereocenters. The zero-order valence-corrected chi connectivity index (χ0v) is 22.3. The third kappa shape index (κ3) is 7.79. The molecule has 2 aromatic carbocycles. The predicted molar refractivity (Wildman–Crippen MR) is 142 cm³/mol. The van der Waals surface area contributed by atoms with E-state index in [4.69, 9.17) is 9.47 Å². The van der Waals surface area contributed by atoms with Crippen LogP contribution in [-0.4, -0.2) is 40.1 Å². The van der Waals surface area contributed by atoms with Gasteiger partial charge in [0.25, 0.3) is 0 Å². The molecule has 0 radical (unpaired) electrons. The molecule has 0 aliphatic carbocycles. The Kier molecular flexibility index (Phi) is 10.3. The van der Waals surface area contributed by atoms with Gasteiger partial charge in [-0.05, 0) is 63.4 Å². The second-order valence-corrected chi connectivity index (χ2v) is 9.66. The van der Waals surface area contributed by atoms with Gasteiger partial charge in [0.2, 0.25) is 5.67 Å². The largest absolute Gasteiger partial charge is 0.487 e. The summed E-state index contributed by atoms with van der Waals surface area (Å²) in [7, 11) is 0. The smallest absolute Gasteiger partial charge is 0.348 e. The number of hydrogen-bond donors (Lipinski definition) is 0. The standard InChI is InChI=1S/C30H35F3N2O3/c1-5-6-7-10-17-30(4,33)29(36)38-24-15-13-22(14-16-24)23-18-34-28(35-19-23)25-11-8-9-12-26(25)37-21(3)27(32)20(2)31/h8-9,11-16,18-21,27H,5-7,10,17H2,1-4H3. The van der Waals surface area contributed by atoms with Crippen molar-refractivity contribution in [3.05, 3.63) is 60.9 Å². The summed E-state index contributed by atoms with van der Waals surface area (Å²) in [6.07, 6.45) is 2.54. The Morgan fingerprint density at radius 3 is 2.24 bits per heavy atom. The molecule has 0 fully saturated rings. The average Bonchev–Trinajstić information content (AvgIpc) is 2.91. The molecule has 5 nitrogen and oxygen atoms in total. The first-order chi connectivity index (χ1) is 18.1. The molecule has 0 saturated carbocycles. The highest BCUT2D eigenvalue weighted by Gasteiger charge is 2.34. The molecule has 0 aliphatic rings. The van der Waals surface area contributed by atoms with Gasteiger partial charge in [0.15, 0.2) is 12.0 Å². The molecule has 1 aromatic heterocycles. The lowest BCUT2D eigenvalue weighted by atomic mass is 10.00. The molecule has 38 heavy (non-hydrogen) atoms. The van der Waals surface area contributed by atoms with Crippen molar-refractivity contribution in [3.63, 3.8) is 0 Å². The summed E-state index contributed by atoms with van der Waals surface area (Å²) >= 11 is 0. The van der Waals surface area contributed by atoms with Gasteiger partial charge in [-0.15, -0.1) is 0 Å². The quantitative estimate of drug-likeness (QED) is 0.128. The molecular formula is C30H35F3N2O3. The van der Waals surface area contributed by atoms with E-state index in [-0.39, 0.29) is 12.2 Å². The summed E-state index contributed by atoms with van der Waals surface area (Å²) in [5.74, 6) is 0.0757. The van der Waals surface area contributed by atoms with Crippen molar-refractivity contribution in [1.82, 2.24) is 9.97 Å². The third-order valence-electron chi connectivity index (χ3n) is 6.30. The Balaban J connectivity index is 1.67. The molecule has 0 bridgehead atoms. The Labute approximate surface area is 222 Å². The summed E-state index contributed by atoms with van der Waals surface area (Å²) < 4.78 is 53.1. The fraction of sp³-hybridized carbons (Fsp3) is 0.433. The van der Waals surface area contributed by atoms with E-state index in [1.165, 1.54) is 13.8 Å². The van der Waals surface area contributed by atoms with Gasteiger partial charge in [-0.2, -0.15) is 0 Å². The van der Waals surface area contributed by atoms with Crippen molar-refractivity contribution in [3.8, 4) is 34.0 Å². The van der Waals surface area contributed by atoms with Crippen molar-refractivity contribution in [2.45, 2.75) is 83.9 Å². The number of esters is 1. The number of carbonyl (C=O) groups is 1. The molecule has 0 spiro atoms. The predicted octanol–water partition coefficient (Wildman–Crippen LogP) is 7.88. The van der Waals surface area contributed by atoms with Gasteiger partial charge < -0.3 is 9.47 Å². The summed E-state index contributed by atoms with van der Waals surface area (Å²) in [4.78, 5) is 21.2. The Bertz CT molecular complexity index is 1170. The van der Waals surface area contributed by atoms with Crippen LogP contribution in [0.5, 0.6) is 11.5 Å². The van der Waals surface area contributed by atoms with Crippen LogP contribution in [0.3, 0.4) is 0 Å². The highest BCUT2D eigenvalue weighted by molar-refractivity contribution is 5.81. The van der Waals surface area contributed by atoms with Gasteiger partial charge in [-0.25, -0.2) is 27.9 Å². The summed E-state index contributed by atoms with van der Waals surface area (Å²) in [5, 5.41) is 0. The second kappa shape index (κ2) is 13.4. The van der Waals surface area contributed by atoms with Gasteiger partial charge in [-0.3, -0.25) is 0 Å².